The van der Waals surface area contributed by atoms with E-state index in [0.717, 1.165) is 39.0 Å². The largest absolute Gasteiger partial charge is 0.508 e. The minimum atomic E-state index is -1.17. The lowest BCUT2D eigenvalue weighted by Gasteiger charge is -2.37. The van der Waals surface area contributed by atoms with Crippen LogP contribution in [0, 0.1) is 17.3 Å². The molecular formula is C51H65N7O8. The molecule has 2 saturated heterocycles. The van der Waals surface area contributed by atoms with E-state index >= 15 is 0 Å². The quantitative estimate of drug-likeness (QED) is 0.109. The number of ketones is 1. The standard InChI is InChI=1S/C51H65N7O8/c1-9-43(60)41-25-35(28-52-41)48(62)56(7)44(30(3)4)47(61)54-42-22-31-20-33(23-36(59)21-31)34-24-38-39(26-51(5,6)29-66-50(64)40-16-13-18-58(55-40)49(42)63)45(57(10-2)46(38)53-27-34)37-15-12-11-14-32(37)17-19-65-8/h9,11-12,14-15,20-21,23-24,27,30,35,40-42,44,52,55,59H,1,10,13,16-19,22,25-26,28-29H2,2-8H3,(H,54,61)/t35-,40+,41?,42-,44?/m1/s1. The van der Waals surface area contributed by atoms with E-state index in [-0.39, 0.29) is 55.9 Å². The fraction of sp³-hybridized carbons (Fsp3) is 0.490. The minimum absolute atomic E-state index is 0.0244. The number of aryl methyl sites for hydroxylation is 1. The third-order valence-electron chi connectivity index (χ3n) is 13.2. The summed E-state index contributed by atoms with van der Waals surface area (Å²) in [5.74, 6) is -2.91. The average molecular weight is 904 g/mol. The Kier molecular flexibility index (Phi) is 14.8. The van der Waals surface area contributed by atoms with Gasteiger partial charge in [-0.15, -0.1) is 0 Å². The molecule has 352 valence electrons. The van der Waals surface area contributed by atoms with Gasteiger partial charge in [0.05, 0.1) is 30.9 Å². The number of nitrogens with one attached hydrogen (secondary N) is 3. The monoisotopic (exact) mass is 903 g/mol. The van der Waals surface area contributed by atoms with Gasteiger partial charge in [-0.05, 0) is 91.5 Å². The van der Waals surface area contributed by atoms with Gasteiger partial charge < -0.3 is 34.7 Å². The number of carbonyl (C=O) groups excluding carboxylic acids is 5. The number of pyridine rings is 1. The molecule has 3 amide bonds. The number of cyclic esters (lactones) is 1. The van der Waals surface area contributed by atoms with Gasteiger partial charge in [-0.3, -0.25) is 29.0 Å². The van der Waals surface area contributed by atoms with Crippen LogP contribution in [0.25, 0.3) is 33.4 Å². The van der Waals surface area contributed by atoms with Crippen LogP contribution in [0.1, 0.15) is 70.6 Å². The molecule has 2 aromatic carbocycles. The lowest BCUT2D eigenvalue weighted by Crippen LogP contribution is -2.62. The number of likely N-dealkylation sites (N-methyl/N-ethyl adjacent to an activating group) is 1. The highest BCUT2D eigenvalue weighted by Crippen LogP contribution is 2.41. The van der Waals surface area contributed by atoms with Crippen LogP contribution in [0.3, 0.4) is 0 Å². The third kappa shape index (κ3) is 10.2. The van der Waals surface area contributed by atoms with Crippen molar-refractivity contribution < 1.29 is 38.6 Å². The summed E-state index contributed by atoms with van der Waals surface area (Å²) in [6.45, 7) is 15.3. The number of benzene rings is 2. The molecule has 5 heterocycles. The molecule has 5 atom stereocenters. The van der Waals surface area contributed by atoms with E-state index in [0.29, 0.717) is 50.0 Å². The molecule has 0 radical (unpaired) electrons. The number of ether oxygens (including phenoxy) is 2. The molecule has 2 unspecified atom stereocenters. The summed E-state index contributed by atoms with van der Waals surface area (Å²) in [7, 11) is 3.27. The molecule has 0 saturated carbocycles. The number of phenolic OH excluding ortho intramolecular Hbond substituents is 1. The number of hydrazine groups is 1. The van der Waals surface area contributed by atoms with E-state index in [9.17, 15) is 29.1 Å². The lowest BCUT2D eigenvalue weighted by atomic mass is 9.84. The molecule has 3 aliphatic heterocycles. The lowest BCUT2D eigenvalue weighted by molar-refractivity contribution is -0.155. The first kappa shape index (κ1) is 48.0. The topological polar surface area (TPSA) is 184 Å². The highest BCUT2D eigenvalue weighted by molar-refractivity contribution is 5.96. The van der Waals surface area contributed by atoms with Gasteiger partial charge in [-0.1, -0.05) is 64.6 Å². The second-order valence-corrected chi connectivity index (χ2v) is 19.1. The Morgan fingerprint density at radius 2 is 1.91 bits per heavy atom. The molecule has 15 nitrogen and oxygen atoms in total. The van der Waals surface area contributed by atoms with Gasteiger partial charge in [-0.2, -0.15) is 0 Å². The van der Waals surface area contributed by atoms with E-state index in [1.807, 2.05) is 32.0 Å². The molecule has 0 spiro atoms. The van der Waals surface area contributed by atoms with E-state index < -0.39 is 53.3 Å². The van der Waals surface area contributed by atoms with Crippen molar-refractivity contribution in [1.29, 1.82) is 0 Å². The molecule has 6 bridgehead atoms. The van der Waals surface area contributed by atoms with Crippen molar-refractivity contribution >= 4 is 40.5 Å². The van der Waals surface area contributed by atoms with Crippen LogP contribution in [0.5, 0.6) is 5.75 Å². The summed E-state index contributed by atoms with van der Waals surface area (Å²) >= 11 is 0. The van der Waals surface area contributed by atoms with Crippen molar-refractivity contribution in [3.05, 3.63) is 84.1 Å². The molecule has 4 N–H and O–H groups in total. The van der Waals surface area contributed by atoms with E-state index in [1.165, 1.54) is 16.0 Å². The number of carbonyl (C=O) groups is 5. The highest BCUT2D eigenvalue weighted by Gasteiger charge is 2.41. The Morgan fingerprint density at radius 3 is 2.64 bits per heavy atom. The number of methoxy groups -OCH3 is 1. The van der Waals surface area contributed by atoms with E-state index in [4.69, 9.17) is 14.5 Å². The predicted octanol–water partition coefficient (Wildman–Crippen LogP) is 5.15. The number of aromatic hydroxyl groups is 1. The van der Waals surface area contributed by atoms with Gasteiger partial charge in [0.25, 0.3) is 5.91 Å². The Balaban J connectivity index is 1.30. The maximum Gasteiger partial charge on any atom is 0.324 e. The van der Waals surface area contributed by atoms with Gasteiger partial charge in [0, 0.05) is 68.3 Å². The zero-order valence-electron chi connectivity index (χ0n) is 39.3. The summed E-state index contributed by atoms with van der Waals surface area (Å²) in [6.07, 6.45) is 5.49. The Morgan fingerprint density at radius 1 is 1.14 bits per heavy atom. The average Bonchev–Trinajstić information content (AvgIpc) is 3.91. The molecule has 4 aromatic rings. The van der Waals surface area contributed by atoms with Crippen LogP contribution < -0.4 is 16.1 Å². The number of aromatic nitrogens is 2. The van der Waals surface area contributed by atoms with Gasteiger partial charge in [-0.25, -0.2) is 10.4 Å². The number of phenols is 1. The first-order valence-electron chi connectivity index (χ1n) is 23.2. The fourth-order valence-electron chi connectivity index (χ4n) is 9.91. The number of nitrogens with zero attached hydrogens (tertiary/aromatic N) is 4. The molecule has 15 heteroatoms. The fourth-order valence-corrected chi connectivity index (χ4v) is 9.91. The summed E-state index contributed by atoms with van der Waals surface area (Å²) in [5.41, 5.74) is 9.66. The van der Waals surface area contributed by atoms with Crippen LogP contribution in [0.15, 0.2) is 67.4 Å². The Hall–Kier alpha value is -5.90. The second kappa shape index (κ2) is 20.3. The molecule has 7 rings (SSSR count). The van der Waals surface area contributed by atoms with E-state index in [2.05, 4.69) is 66.2 Å². The van der Waals surface area contributed by atoms with Crippen molar-refractivity contribution in [1.82, 2.24) is 35.5 Å². The predicted molar refractivity (Wildman–Crippen MR) is 252 cm³/mol. The summed E-state index contributed by atoms with van der Waals surface area (Å²) < 4.78 is 13.8. The maximum absolute atomic E-state index is 14.7. The zero-order chi connectivity index (χ0) is 47.4. The van der Waals surface area contributed by atoms with Crippen LogP contribution in [0.4, 0.5) is 0 Å². The number of hydrogen-bond acceptors (Lipinski definition) is 11. The van der Waals surface area contributed by atoms with Gasteiger partial charge in [0.2, 0.25) is 11.8 Å². The van der Waals surface area contributed by atoms with Crippen molar-refractivity contribution in [3.8, 4) is 28.1 Å². The first-order chi connectivity index (χ1) is 31.5. The molecule has 2 fully saturated rings. The highest BCUT2D eigenvalue weighted by atomic mass is 16.5. The number of rotatable bonds is 12. The Bertz CT molecular complexity index is 2500. The van der Waals surface area contributed by atoms with Crippen LogP contribution in [0.2, 0.25) is 0 Å². The van der Waals surface area contributed by atoms with Gasteiger partial charge in [0.1, 0.15) is 29.5 Å². The van der Waals surface area contributed by atoms with Gasteiger partial charge in [0.15, 0.2) is 5.78 Å². The number of esters is 1. The van der Waals surface area contributed by atoms with Crippen molar-refractivity contribution in [2.75, 3.05) is 40.5 Å². The van der Waals surface area contributed by atoms with Crippen LogP contribution in [-0.4, -0.2) is 119 Å². The molecule has 2 aromatic heterocycles. The first-order valence-corrected chi connectivity index (χ1v) is 23.2. The van der Waals surface area contributed by atoms with E-state index in [1.54, 1.807) is 32.5 Å². The molecule has 66 heavy (non-hydrogen) atoms. The van der Waals surface area contributed by atoms with Crippen molar-refractivity contribution in [3.63, 3.8) is 0 Å². The SMILES string of the molecule is C=CC(=O)C1C[C@@H](C(=O)N(C)C(C(=O)N[C@@H]2Cc3cc(O)cc(c3)-c3cnc4c(c3)c(c(-c3ccccc3CCOC)n4CC)CC(C)(C)COC(=O)[C@@H]3CCCN(N3)C2=O)C(C)C)CN1. The van der Waals surface area contributed by atoms with Crippen LogP contribution in [-0.2, 0) is 59.3 Å². The normalized spacial score (nSPS) is 21.5. The molecule has 0 aliphatic carbocycles. The second-order valence-electron chi connectivity index (χ2n) is 19.1. The summed E-state index contributed by atoms with van der Waals surface area (Å²) in [6, 6.07) is 12.1. The zero-order valence-corrected chi connectivity index (χ0v) is 39.3. The Labute approximate surface area is 387 Å². The number of fused-ring (bicyclic) bond motifs is 6. The number of hydrogen-bond donors (Lipinski definition) is 4. The number of amides is 3. The van der Waals surface area contributed by atoms with Crippen LogP contribution >= 0.6 is 0 Å². The smallest absolute Gasteiger partial charge is 0.324 e. The van der Waals surface area contributed by atoms with Crippen molar-refractivity contribution in [2.24, 2.45) is 17.3 Å². The summed E-state index contributed by atoms with van der Waals surface area (Å²) in [5, 5.41) is 19.7. The maximum atomic E-state index is 14.7. The third-order valence-corrected chi connectivity index (χ3v) is 13.2. The van der Waals surface area contributed by atoms with Crippen molar-refractivity contribution in [2.45, 2.75) is 104 Å². The van der Waals surface area contributed by atoms with Gasteiger partial charge >= 0.3 is 5.97 Å². The molecular weight excluding hydrogens is 839 g/mol. The minimum Gasteiger partial charge on any atom is -0.508 e. The molecule has 3 aliphatic rings. The summed E-state index contributed by atoms with van der Waals surface area (Å²) in [4.78, 5) is 75.8.